The molecule has 0 unspecified atom stereocenters. The van der Waals surface area contributed by atoms with E-state index in [1.54, 1.807) is 12.3 Å². The van der Waals surface area contributed by atoms with Crippen LogP contribution in [0.3, 0.4) is 0 Å². The molecular weight excluding hydrogens is 222 g/mol. The monoisotopic (exact) mass is 237 g/mol. The van der Waals surface area contributed by atoms with Crippen molar-refractivity contribution in [3.05, 3.63) is 59.8 Å². The number of nitrogens with zero attached hydrogens (tertiary/aromatic N) is 3. The summed E-state index contributed by atoms with van der Waals surface area (Å²) in [6, 6.07) is 15.9. The Kier molecular flexibility index (Phi) is 3.93. The summed E-state index contributed by atoms with van der Waals surface area (Å²) in [6.07, 6.45) is 1.68. The number of aromatic nitrogens is 1. The van der Waals surface area contributed by atoms with Gasteiger partial charge in [-0.2, -0.15) is 5.26 Å². The third-order valence-electron chi connectivity index (χ3n) is 2.80. The lowest BCUT2D eigenvalue weighted by molar-refractivity contribution is 0.813. The van der Waals surface area contributed by atoms with Crippen molar-refractivity contribution in [3.63, 3.8) is 0 Å². The zero-order valence-electron chi connectivity index (χ0n) is 10.4. The van der Waals surface area contributed by atoms with Gasteiger partial charge in [-0.3, -0.25) is 0 Å². The normalized spacial score (nSPS) is 9.78. The van der Waals surface area contributed by atoms with Crippen LogP contribution in [0.5, 0.6) is 0 Å². The molecule has 0 saturated carbocycles. The van der Waals surface area contributed by atoms with E-state index < -0.39 is 0 Å². The fourth-order valence-electron chi connectivity index (χ4n) is 1.82. The van der Waals surface area contributed by atoms with Crippen molar-refractivity contribution in [1.29, 1.82) is 5.26 Å². The topological polar surface area (TPSA) is 39.9 Å². The third-order valence-corrected chi connectivity index (χ3v) is 2.80. The number of benzene rings is 1. The van der Waals surface area contributed by atoms with Crippen LogP contribution in [-0.4, -0.2) is 11.5 Å². The molecule has 0 spiro atoms. The average molecular weight is 237 g/mol. The van der Waals surface area contributed by atoms with E-state index in [9.17, 15) is 0 Å². The van der Waals surface area contributed by atoms with Crippen LogP contribution in [0.15, 0.2) is 48.7 Å². The van der Waals surface area contributed by atoms with E-state index in [2.05, 4.69) is 35.0 Å². The van der Waals surface area contributed by atoms with Gasteiger partial charge in [-0.05, 0) is 24.6 Å². The summed E-state index contributed by atoms with van der Waals surface area (Å²) in [5, 5.41) is 8.91. The Morgan fingerprint density at radius 3 is 2.67 bits per heavy atom. The van der Waals surface area contributed by atoms with Crippen LogP contribution in [0.1, 0.15) is 18.1 Å². The number of nitriles is 1. The van der Waals surface area contributed by atoms with E-state index in [0.29, 0.717) is 5.56 Å². The van der Waals surface area contributed by atoms with Crippen LogP contribution in [0, 0.1) is 11.3 Å². The minimum atomic E-state index is 0.645. The van der Waals surface area contributed by atoms with E-state index in [1.807, 2.05) is 24.3 Å². The fraction of sp³-hybridized carbons (Fsp3) is 0.200. The average Bonchev–Trinajstić information content (AvgIpc) is 2.46. The SMILES string of the molecule is CCN(Cc1ccccc1)c1cc(C#N)ccn1. The molecule has 0 amide bonds. The molecule has 90 valence electrons. The Balaban J connectivity index is 2.21. The molecule has 0 radical (unpaired) electrons. The molecule has 0 aliphatic heterocycles. The third kappa shape index (κ3) is 2.86. The van der Waals surface area contributed by atoms with Crippen LogP contribution in [0.4, 0.5) is 5.82 Å². The first-order chi connectivity index (χ1) is 8.83. The van der Waals surface area contributed by atoms with Crippen LogP contribution in [0.2, 0.25) is 0 Å². The number of pyridine rings is 1. The number of anilines is 1. The van der Waals surface area contributed by atoms with E-state index >= 15 is 0 Å². The predicted octanol–water partition coefficient (Wildman–Crippen LogP) is 2.98. The Labute approximate surface area is 107 Å². The highest BCUT2D eigenvalue weighted by Crippen LogP contribution is 2.15. The van der Waals surface area contributed by atoms with Gasteiger partial charge >= 0.3 is 0 Å². The Hall–Kier alpha value is -2.34. The summed E-state index contributed by atoms with van der Waals surface area (Å²) in [4.78, 5) is 6.48. The molecule has 0 aliphatic rings. The first-order valence-electron chi connectivity index (χ1n) is 5.98. The maximum absolute atomic E-state index is 8.91. The van der Waals surface area contributed by atoms with Gasteiger partial charge in [0.15, 0.2) is 0 Å². The molecule has 3 heteroatoms. The first-order valence-corrected chi connectivity index (χ1v) is 5.98. The maximum atomic E-state index is 8.91. The molecule has 1 aromatic heterocycles. The van der Waals surface area contributed by atoms with Crippen molar-refractivity contribution >= 4 is 5.82 Å². The predicted molar refractivity (Wildman–Crippen MR) is 72.1 cm³/mol. The van der Waals surface area contributed by atoms with Gasteiger partial charge in [0.25, 0.3) is 0 Å². The zero-order chi connectivity index (χ0) is 12.8. The minimum Gasteiger partial charge on any atom is -0.353 e. The number of hydrogen-bond donors (Lipinski definition) is 0. The molecule has 0 aliphatic carbocycles. The molecule has 3 nitrogen and oxygen atoms in total. The van der Waals surface area contributed by atoms with Crippen LogP contribution in [-0.2, 0) is 6.54 Å². The molecular formula is C15H15N3. The molecule has 1 aromatic carbocycles. The van der Waals surface area contributed by atoms with E-state index in [0.717, 1.165) is 18.9 Å². The number of hydrogen-bond acceptors (Lipinski definition) is 3. The molecule has 0 bridgehead atoms. The van der Waals surface area contributed by atoms with Crippen molar-refractivity contribution in [2.45, 2.75) is 13.5 Å². The van der Waals surface area contributed by atoms with Crippen molar-refractivity contribution in [2.75, 3.05) is 11.4 Å². The van der Waals surface area contributed by atoms with Crippen molar-refractivity contribution in [2.24, 2.45) is 0 Å². The number of rotatable bonds is 4. The highest BCUT2D eigenvalue weighted by Gasteiger charge is 2.07. The Bertz CT molecular complexity index is 543. The largest absolute Gasteiger partial charge is 0.353 e. The Morgan fingerprint density at radius 1 is 1.22 bits per heavy atom. The molecule has 2 rings (SSSR count). The molecule has 0 N–H and O–H groups in total. The summed E-state index contributed by atoms with van der Waals surface area (Å²) in [5.74, 6) is 0.848. The summed E-state index contributed by atoms with van der Waals surface area (Å²) in [7, 11) is 0. The van der Waals surface area contributed by atoms with Crippen molar-refractivity contribution in [1.82, 2.24) is 4.98 Å². The van der Waals surface area contributed by atoms with Crippen LogP contribution < -0.4 is 4.90 Å². The van der Waals surface area contributed by atoms with Gasteiger partial charge in [0, 0.05) is 19.3 Å². The van der Waals surface area contributed by atoms with Crippen molar-refractivity contribution in [3.8, 4) is 6.07 Å². The van der Waals surface area contributed by atoms with Gasteiger partial charge in [-0.1, -0.05) is 30.3 Å². The van der Waals surface area contributed by atoms with Crippen molar-refractivity contribution < 1.29 is 0 Å². The van der Waals surface area contributed by atoms with E-state index in [-0.39, 0.29) is 0 Å². The second kappa shape index (κ2) is 5.83. The quantitative estimate of drug-likeness (QED) is 0.820. The van der Waals surface area contributed by atoms with Crippen LogP contribution >= 0.6 is 0 Å². The molecule has 0 atom stereocenters. The smallest absolute Gasteiger partial charge is 0.130 e. The molecule has 0 saturated heterocycles. The van der Waals surface area contributed by atoms with E-state index in [4.69, 9.17) is 5.26 Å². The summed E-state index contributed by atoms with van der Waals surface area (Å²) < 4.78 is 0. The van der Waals surface area contributed by atoms with Gasteiger partial charge < -0.3 is 4.90 Å². The van der Waals surface area contributed by atoms with E-state index in [1.165, 1.54) is 5.56 Å². The summed E-state index contributed by atoms with van der Waals surface area (Å²) in [6.45, 7) is 3.75. The zero-order valence-corrected chi connectivity index (χ0v) is 10.4. The molecule has 1 heterocycles. The second-order valence-corrected chi connectivity index (χ2v) is 4.01. The lowest BCUT2D eigenvalue weighted by Gasteiger charge is -2.22. The maximum Gasteiger partial charge on any atom is 0.130 e. The summed E-state index contributed by atoms with van der Waals surface area (Å²) in [5.41, 5.74) is 1.88. The van der Waals surface area contributed by atoms with Gasteiger partial charge in [0.05, 0.1) is 11.6 Å². The Morgan fingerprint density at radius 2 is 2.00 bits per heavy atom. The summed E-state index contributed by atoms with van der Waals surface area (Å²) >= 11 is 0. The lowest BCUT2D eigenvalue weighted by atomic mass is 10.2. The molecule has 0 fully saturated rings. The van der Waals surface area contributed by atoms with Crippen LogP contribution in [0.25, 0.3) is 0 Å². The highest BCUT2D eigenvalue weighted by molar-refractivity contribution is 5.45. The highest BCUT2D eigenvalue weighted by atomic mass is 15.2. The first kappa shape index (κ1) is 12.1. The van der Waals surface area contributed by atoms with Gasteiger partial charge in [0.2, 0.25) is 0 Å². The minimum absolute atomic E-state index is 0.645. The van der Waals surface area contributed by atoms with Gasteiger partial charge in [-0.15, -0.1) is 0 Å². The lowest BCUT2D eigenvalue weighted by Crippen LogP contribution is -2.23. The van der Waals surface area contributed by atoms with Gasteiger partial charge in [0.1, 0.15) is 5.82 Å². The molecule has 2 aromatic rings. The standard InChI is InChI=1S/C15H15N3/c1-2-18(12-13-6-4-3-5-7-13)15-10-14(11-16)8-9-17-15/h3-10H,2,12H2,1H3. The fourth-order valence-corrected chi connectivity index (χ4v) is 1.82. The second-order valence-electron chi connectivity index (χ2n) is 4.01. The molecule has 18 heavy (non-hydrogen) atoms. The van der Waals surface area contributed by atoms with Gasteiger partial charge in [-0.25, -0.2) is 4.98 Å².